The van der Waals surface area contributed by atoms with Crippen molar-refractivity contribution < 1.29 is 9.90 Å². The van der Waals surface area contributed by atoms with Gasteiger partial charge >= 0.3 is 0 Å². The molecule has 2 N–H and O–H groups in total. The molecule has 0 aromatic heterocycles. The number of nitrogens with one attached hydrogen (secondary N) is 1. The third-order valence-corrected chi connectivity index (χ3v) is 4.91. The Hall–Kier alpha value is -0.710. The number of aliphatic hydroxyl groups is 1. The lowest BCUT2D eigenvalue weighted by atomic mass is 9.83. The summed E-state index contributed by atoms with van der Waals surface area (Å²) in [6.45, 7) is 5.69. The van der Waals surface area contributed by atoms with Gasteiger partial charge in [-0.15, -0.1) is 0 Å². The molecule has 0 saturated heterocycles. The lowest BCUT2D eigenvalue weighted by Crippen LogP contribution is -2.48. The molecule has 0 heterocycles. The summed E-state index contributed by atoms with van der Waals surface area (Å²) in [6.07, 6.45) is 1.92. The van der Waals surface area contributed by atoms with Crippen LogP contribution in [0.15, 0.2) is 24.3 Å². The zero-order chi connectivity index (χ0) is 15.3. The van der Waals surface area contributed by atoms with Crippen molar-refractivity contribution in [3.8, 4) is 0 Å². The normalized spacial score (nSPS) is 14.7. The van der Waals surface area contributed by atoms with Crippen LogP contribution in [0.5, 0.6) is 0 Å². The molecule has 0 aliphatic rings. The SMILES string of the molecule is CSC(CO)C(C)NC(=O)C(C)(C)c1cccc(Cl)c1. The second kappa shape index (κ2) is 7.34. The molecule has 2 atom stereocenters. The first-order valence-corrected chi connectivity index (χ1v) is 8.20. The maximum absolute atomic E-state index is 12.5. The van der Waals surface area contributed by atoms with Crippen LogP contribution in [0.2, 0.25) is 5.02 Å². The number of aliphatic hydroxyl groups excluding tert-OH is 1. The number of carbonyl (C=O) groups excluding carboxylic acids is 1. The molecule has 2 unspecified atom stereocenters. The lowest BCUT2D eigenvalue weighted by molar-refractivity contribution is -0.126. The van der Waals surface area contributed by atoms with Crippen molar-refractivity contribution in [2.24, 2.45) is 0 Å². The van der Waals surface area contributed by atoms with E-state index in [1.165, 1.54) is 0 Å². The van der Waals surface area contributed by atoms with Crippen LogP contribution in [0.3, 0.4) is 0 Å². The molecule has 3 nitrogen and oxygen atoms in total. The van der Waals surface area contributed by atoms with Crippen molar-refractivity contribution in [1.29, 1.82) is 0 Å². The molecule has 0 saturated carbocycles. The van der Waals surface area contributed by atoms with Crippen molar-refractivity contribution in [2.45, 2.75) is 37.5 Å². The van der Waals surface area contributed by atoms with Gasteiger partial charge < -0.3 is 10.4 Å². The Bertz CT molecular complexity index is 461. The van der Waals surface area contributed by atoms with Gasteiger partial charge in [0.1, 0.15) is 0 Å². The van der Waals surface area contributed by atoms with Gasteiger partial charge in [0.15, 0.2) is 0 Å². The van der Waals surface area contributed by atoms with Gasteiger partial charge in [0, 0.05) is 16.3 Å². The Kier molecular flexibility index (Phi) is 6.37. The second-order valence-corrected chi connectivity index (χ2v) is 6.87. The van der Waals surface area contributed by atoms with Gasteiger partial charge in [0.2, 0.25) is 5.91 Å². The molecule has 0 fully saturated rings. The number of hydrogen-bond acceptors (Lipinski definition) is 3. The van der Waals surface area contributed by atoms with E-state index in [2.05, 4.69) is 5.32 Å². The minimum atomic E-state index is -0.669. The van der Waals surface area contributed by atoms with Gasteiger partial charge in [-0.2, -0.15) is 11.8 Å². The van der Waals surface area contributed by atoms with Crippen LogP contribution in [0.25, 0.3) is 0 Å². The summed E-state index contributed by atoms with van der Waals surface area (Å²) in [6, 6.07) is 7.24. The van der Waals surface area contributed by atoms with Crippen molar-refractivity contribution in [3.05, 3.63) is 34.9 Å². The average molecular weight is 316 g/mol. The van der Waals surface area contributed by atoms with Crippen LogP contribution in [-0.4, -0.2) is 35.2 Å². The highest BCUT2D eigenvalue weighted by atomic mass is 35.5. The first-order valence-electron chi connectivity index (χ1n) is 6.53. The second-order valence-electron chi connectivity index (χ2n) is 5.35. The third kappa shape index (κ3) is 4.14. The van der Waals surface area contributed by atoms with Gasteiger partial charge in [-0.1, -0.05) is 23.7 Å². The highest BCUT2D eigenvalue weighted by Crippen LogP contribution is 2.26. The van der Waals surface area contributed by atoms with Crippen LogP contribution >= 0.6 is 23.4 Å². The smallest absolute Gasteiger partial charge is 0.230 e. The Morgan fingerprint density at radius 1 is 1.50 bits per heavy atom. The molecule has 0 bridgehead atoms. The number of carbonyl (C=O) groups is 1. The highest BCUT2D eigenvalue weighted by molar-refractivity contribution is 7.99. The zero-order valence-corrected chi connectivity index (χ0v) is 13.9. The fourth-order valence-corrected chi connectivity index (χ4v) is 2.74. The summed E-state index contributed by atoms with van der Waals surface area (Å²) in [5.41, 5.74) is 0.205. The summed E-state index contributed by atoms with van der Waals surface area (Å²) in [7, 11) is 0. The van der Waals surface area contributed by atoms with Crippen molar-refractivity contribution in [2.75, 3.05) is 12.9 Å². The van der Waals surface area contributed by atoms with E-state index in [0.717, 1.165) is 5.56 Å². The number of benzene rings is 1. The maximum Gasteiger partial charge on any atom is 0.230 e. The van der Waals surface area contributed by atoms with Crippen LogP contribution in [0, 0.1) is 0 Å². The number of amides is 1. The summed E-state index contributed by atoms with van der Waals surface area (Å²) in [5, 5.41) is 12.9. The molecule has 5 heteroatoms. The molecule has 20 heavy (non-hydrogen) atoms. The number of hydrogen-bond donors (Lipinski definition) is 2. The Balaban J connectivity index is 2.84. The Morgan fingerprint density at radius 2 is 2.15 bits per heavy atom. The first kappa shape index (κ1) is 17.3. The van der Waals surface area contributed by atoms with Crippen LogP contribution < -0.4 is 5.32 Å². The Morgan fingerprint density at radius 3 is 2.65 bits per heavy atom. The molecule has 1 aromatic carbocycles. The highest BCUT2D eigenvalue weighted by Gasteiger charge is 2.31. The predicted octanol–water partition coefficient (Wildman–Crippen LogP) is 2.85. The van der Waals surface area contributed by atoms with Crippen LogP contribution in [0.1, 0.15) is 26.3 Å². The first-order chi connectivity index (χ1) is 9.32. The van der Waals surface area contributed by atoms with Gasteiger partial charge in [0.05, 0.1) is 12.0 Å². The van der Waals surface area contributed by atoms with Crippen LogP contribution in [-0.2, 0) is 10.2 Å². The summed E-state index contributed by atoms with van der Waals surface area (Å²) in [5.74, 6) is -0.0697. The van der Waals surface area contributed by atoms with E-state index >= 15 is 0 Å². The molecular formula is C15H22ClNO2S. The largest absolute Gasteiger partial charge is 0.395 e. The van der Waals surface area contributed by atoms with Crippen molar-refractivity contribution in [3.63, 3.8) is 0 Å². The van der Waals surface area contributed by atoms with E-state index in [9.17, 15) is 9.90 Å². The fourth-order valence-electron chi connectivity index (χ4n) is 1.93. The van der Waals surface area contributed by atoms with Gasteiger partial charge in [-0.05, 0) is 44.7 Å². The molecule has 1 aromatic rings. The molecule has 1 rings (SSSR count). The van der Waals surface area contributed by atoms with E-state index in [1.54, 1.807) is 17.8 Å². The maximum atomic E-state index is 12.5. The molecule has 1 amide bonds. The summed E-state index contributed by atoms with van der Waals surface area (Å²) in [4.78, 5) is 12.5. The lowest BCUT2D eigenvalue weighted by Gasteiger charge is -2.29. The van der Waals surface area contributed by atoms with Crippen LogP contribution in [0.4, 0.5) is 0 Å². The van der Waals surface area contributed by atoms with Crippen molar-refractivity contribution in [1.82, 2.24) is 5.32 Å². The number of rotatable bonds is 6. The fraction of sp³-hybridized carbons (Fsp3) is 0.533. The number of thioether (sulfide) groups is 1. The minimum Gasteiger partial charge on any atom is -0.395 e. The summed E-state index contributed by atoms with van der Waals surface area (Å²) >= 11 is 7.53. The quantitative estimate of drug-likeness (QED) is 0.848. The monoisotopic (exact) mass is 315 g/mol. The summed E-state index contributed by atoms with van der Waals surface area (Å²) < 4.78 is 0. The van der Waals surface area contributed by atoms with Gasteiger partial charge in [-0.3, -0.25) is 4.79 Å². The van der Waals surface area contributed by atoms with E-state index in [1.807, 2.05) is 45.2 Å². The zero-order valence-electron chi connectivity index (χ0n) is 12.3. The van der Waals surface area contributed by atoms with E-state index in [0.29, 0.717) is 5.02 Å². The Labute approximate surface area is 130 Å². The van der Waals surface area contributed by atoms with Gasteiger partial charge in [0.25, 0.3) is 0 Å². The van der Waals surface area contributed by atoms with Crippen molar-refractivity contribution >= 4 is 29.3 Å². The van der Waals surface area contributed by atoms with E-state index < -0.39 is 5.41 Å². The van der Waals surface area contributed by atoms with E-state index in [4.69, 9.17) is 11.6 Å². The van der Waals surface area contributed by atoms with E-state index in [-0.39, 0.29) is 23.8 Å². The molecule has 0 aliphatic carbocycles. The average Bonchev–Trinajstić information content (AvgIpc) is 2.40. The third-order valence-electron chi connectivity index (χ3n) is 3.51. The molecular weight excluding hydrogens is 294 g/mol. The standard InChI is InChI=1S/C15H22ClNO2S/c1-10(13(9-18)20-4)17-14(19)15(2,3)11-6-5-7-12(16)8-11/h5-8,10,13,18H,9H2,1-4H3,(H,17,19). The molecule has 0 aliphatic heterocycles. The molecule has 0 radical (unpaired) electrons. The minimum absolute atomic E-state index is 0.00545. The molecule has 112 valence electrons. The topological polar surface area (TPSA) is 49.3 Å². The van der Waals surface area contributed by atoms with Gasteiger partial charge in [-0.25, -0.2) is 0 Å². The molecule has 0 spiro atoms. The predicted molar refractivity (Wildman–Crippen MR) is 86.5 cm³/mol. The number of halogens is 1.